The van der Waals surface area contributed by atoms with E-state index in [1.807, 2.05) is 12.1 Å². The molecule has 206 valence electrons. The maximum atomic E-state index is 7.31. The first-order valence-corrected chi connectivity index (χ1v) is 14.4. The summed E-state index contributed by atoms with van der Waals surface area (Å²) in [6.45, 7) is 23.0. The van der Waals surface area contributed by atoms with E-state index in [2.05, 4.69) is 128 Å². The average Bonchev–Trinajstić information content (AvgIpc) is 3.41. The van der Waals surface area contributed by atoms with Gasteiger partial charge in [0.25, 0.3) is 5.82 Å². The quantitative estimate of drug-likeness (QED) is 0.207. The van der Waals surface area contributed by atoms with Gasteiger partial charge in [0.1, 0.15) is 34.9 Å². The molecule has 0 N–H and O–H groups in total. The molecule has 3 aromatic carbocycles. The van der Waals surface area contributed by atoms with Gasteiger partial charge in [-0.1, -0.05) is 92.6 Å². The molecular weight excluding hydrogens is 491 g/mol. The van der Waals surface area contributed by atoms with E-state index < -0.39 is 0 Å². The number of benzene rings is 3. The normalized spacial score (nSPS) is 14.0. The highest BCUT2D eigenvalue weighted by atomic mass is 16.4. The summed E-state index contributed by atoms with van der Waals surface area (Å²) in [5.74, 6) is 2.06. The molecule has 3 heterocycles. The molecule has 0 aliphatic carbocycles. The van der Waals surface area contributed by atoms with Crippen LogP contribution in [0.4, 0.5) is 0 Å². The minimum absolute atomic E-state index is 0.0303. The minimum atomic E-state index is -0.320. The maximum Gasteiger partial charge on any atom is 0.647 e. The third kappa shape index (κ3) is 4.00. The molecule has 0 fully saturated rings. The molecular formula is C35H42BN2O2+. The molecule has 0 saturated carbocycles. The molecule has 0 spiro atoms. The van der Waals surface area contributed by atoms with Crippen LogP contribution in [-0.4, -0.2) is 11.6 Å². The number of furan rings is 1. The molecule has 0 amide bonds. The van der Waals surface area contributed by atoms with Gasteiger partial charge < -0.3 is 9.07 Å². The standard InChI is InChI=1S/C35H42BN2O2/c1-21-18-27-29(23-14-12-13-15-26(23)39-27)31-28(21)32-37(11)16-17-38(32)36(40-31)30-24(34(5,6)7)19-22(33(2,3)4)20-25(30)35(8,9)10/h12-20H,1-11H3/q+1. The Morgan fingerprint density at radius 1 is 0.800 bits per heavy atom. The van der Waals surface area contributed by atoms with E-state index in [4.69, 9.17) is 9.07 Å². The Morgan fingerprint density at radius 3 is 2.02 bits per heavy atom. The topological polar surface area (TPSA) is 31.2 Å². The Balaban J connectivity index is 1.74. The molecule has 1 aliphatic rings. The third-order valence-corrected chi connectivity index (χ3v) is 8.46. The highest BCUT2D eigenvalue weighted by Crippen LogP contribution is 2.45. The highest BCUT2D eigenvalue weighted by molar-refractivity contribution is 6.62. The van der Waals surface area contributed by atoms with Crippen molar-refractivity contribution in [3.05, 3.63) is 77.1 Å². The molecule has 5 heteroatoms. The van der Waals surface area contributed by atoms with Gasteiger partial charge in [-0.2, -0.15) is 0 Å². The number of rotatable bonds is 1. The van der Waals surface area contributed by atoms with Gasteiger partial charge in [0.15, 0.2) is 0 Å². The van der Waals surface area contributed by atoms with Crippen molar-refractivity contribution in [3.63, 3.8) is 0 Å². The molecule has 0 atom stereocenters. The van der Waals surface area contributed by atoms with Crippen molar-refractivity contribution in [2.75, 3.05) is 0 Å². The van der Waals surface area contributed by atoms with Crippen LogP contribution in [-0.2, 0) is 23.3 Å². The summed E-state index contributed by atoms with van der Waals surface area (Å²) >= 11 is 0. The van der Waals surface area contributed by atoms with E-state index in [0.717, 1.165) is 44.6 Å². The van der Waals surface area contributed by atoms with Gasteiger partial charge >= 0.3 is 7.05 Å². The molecule has 40 heavy (non-hydrogen) atoms. The van der Waals surface area contributed by atoms with Gasteiger partial charge in [-0.25, -0.2) is 4.57 Å². The summed E-state index contributed by atoms with van der Waals surface area (Å²) in [4.78, 5) is 0. The second kappa shape index (κ2) is 8.52. The van der Waals surface area contributed by atoms with Crippen molar-refractivity contribution >= 4 is 34.5 Å². The first kappa shape index (κ1) is 26.7. The van der Waals surface area contributed by atoms with E-state index in [9.17, 15) is 0 Å². The van der Waals surface area contributed by atoms with Crippen molar-refractivity contribution < 1.29 is 13.5 Å². The number of aryl methyl sites for hydroxylation is 2. The van der Waals surface area contributed by atoms with E-state index in [1.54, 1.807) is 0 Å². The number of aromatic nitrogens is 2. The van der Waals surface area contributed by atoms with Crippen molar-refractivity contribution in [1.82, 2.24) is 4.57 Å². The Bertz CT molecular complexity index is 1770. The Morgan fingerprint density at radius 2 is 1.43 bits per heavy atom. The van der Waals surface area contributed by atoms with Crippen molar-refractivity contribution in [2.45, 2.75) is 85.5 Å². The van der Waals surface area contributed by atoms with Gasteiger partial charge in [-0.15, -0.1) is 0 Å². The number of hydrogen-bond acceptors (Lipinski definition) is 2. The average molecular weight is 534 g/mol. The zero-order chi connectivity index (χ0) is 28.9. The lowest BCUT2D eigenvalue weighted by molar-refractivity contribution is -0.534. The Kier molecular flexibility index (Phi) is 5.70. The second-order valence-electron chi connectivity index (χ2n) is 14.7. The summed E-state index contributed by atoms with van der Waals surface area (Å²) in [6, 6.07) is 15.3. The predicted molar refractivity (Wildman–Crippen MR) is 167 cm³/mol. The lowest BCUT2D eigenvalue weighted by Gasteiger charge is -2.35. The first-order chi connectivity index (χ1) is 18.6. The van der Waals surface area contributed by atoms with Crippen LogP contribution in [0.2, 0.25) is 0 Å². The van der Waals surface area contributed by atoms with Crippen molar-refractivity contribution in [3.8, 4) is 17.1 Å². The van der Waals surface area contributed by atoms with E-state index in [1.165, 1.54) is 22.2 Å². The Hall–Kier alpha value is -3.47. The van der Waals surface area contributed by atoms with Crippen LogP contribution in [0.5, 0.6) is 5.75 Å². The fourth-order valence-electron chi connectivity index (χ4n) is 6.32. The molecule has 0 saturated heterocycles. The second-order valence-corrected chi connectivity index (χ2v) is 14.7. The predicted octanol–water partition coefficient (Wildman–Crippen LogP) is 7.72. The number of fused-ring (bicyclic) bond motifs is 7. The first-order valence-electron chi connectivity index (χ1n) is 14.4. The van der Waals surface area contributed by atoms with Gasteiger partial charge in [-0.3, -0.25) is 4.48 Å². The van der Waals surface area contributed by atoms with Crippen LogP contribution >= 0.6 is 0 Å². The lowest BCUT2D eigenvalue weighted by Crippen LogP contribution is -2.67. The van der Waals surface area contributed by atoms with Gasteiger partial charge in [0.2, 0.25) is 0 Å². The monoisotopic (exact) mass is 533 g/mol. The third-order valence-electron chi connectivity index (χ3n) is 8.46. The summed E-state index contributed by atoms with van der Waals surface area (Å²) in [5, 5.41) is 2.14. The zero-order valence-electron chi connectivity index (χ0n) is 26.0. The molecule has 0 unspecified atom stereocenters. The van der Waals surface area contributed by atoms with Crippen LogP contribution in [0.25, 0.3) is 33.3 Å². The molecule has 5 aromatic rings. The molecule has 0 bridgehead atoms. The number of hydrogen-bond donors (Lipinski definition) is 0. The number of imidazole rings is 1. The summed E-state index contributed by atoms with van der Waals surface area (Å²) in [5.41, 5.74) is 9.18. The van der Waals surface area contributed by atoms with Crippen LogP contribution in [0, 0.1) is 6.92 Å². The van der Waals surface area contributed by atoms with Gasteiger partial charge in [0.05, 0.1) is 12.4 Å². The minimum Gasteiger partial charge on any atom is -0.516 e. The zero-order valence-corrected chi connectivity index (χ0v) is 26.0. The fourth-order valence-corrected chi connectivity index (χ4v) is 6.32. The van der Waals surface area contributed by atoms with E-state index in [-0.39, 0.29) is 23.3 Å². The SMILES string of the molecule is Cc1cc2oc3ccccc3c2c2c1-c1n(C)cc[n+]1B(c1c(C(C)(C)C)cc(C(C)(C)C)cc1C(C)(C)C)O2. The van der Waals surface area contributed by atoms with Crippen molar-refractivity contribution in [1.29, 1.82) is 0 Å². The number of nitrogens with zero attached hydrogens (tertiary/aromatic N) is 2. The summed E-state index contributed by atoms with van der Waals surface area (Å²) in [7, 11) is 1.81. The number of para-hydroxylation sites is 1. The molecule has 2 aromatic heterocycles. The van der Waals surface area contributed by atoms with Crippen LogP contribution < -0.4 is 14.6 Å². The Labute approximate surface area is 239 Å². The highest BCUT2D eigenvalue weighted by Gasteiger charge is 2.48. The molecule has 1 aliphatic heterocycles. The largest absolute Gasteiger partial charge is 0.647 e. The molecule has 0 radical (unpaired) electrons. The van der Waals surface area contributed by atoms with Crippen LogP contribution in [0.3, 0.4) is 0 Å². The maximum absolute atomic E-state index is 7.31. The smallest absolute Gasteiger partial charge is 0.516 e. The summed E-state index contributed by atoms with van der Waals surface area (Å²) in [6.07, 6.45) is 4.32. The molecule has 4 nitrogen and oxygen atoms in total. The van der Waals surface area contributed by atoms with E-state index >= 15 is 0 Å². The molecule has 6 rings (SSSR count). The van der Waals surface area contributed by atoms with Crippen molar-refractivity contribution in [2.24, 2.45) is 7.05 Å². The van der Waals surface area contributed by atoms with Crippen LogP contribution in [0.15, 0.2) is 59.3 Å². The van der Waals surface area contributed by atoms with Gasteiger partial charge in [0, 0.05) is 10.8 Å². The van der Waals surface area contributed by atoms with Gasteiger partial charge in [-0.05, 0) is 57.6 Å². The van der Waals surface area contributed by atoms with Crippen LogP contribution in [0.1, 0.15) is 84.6 Å². The lowest BCUT2D eigenvalue weighted by atomic mass is 9.58. The van der Waals surface area contributed by atoms with E-state index in [0.29, 0.717) is 0 Å². The summed E-state index contributed by atoms with van der Waals surface area (Å²) < 4.78 is 18.2. The fraction of sp³-hybridized carbons (Fsp3) is 0.400.